The first kappa shape index (κ1) is 10.7. The van der Waals surface area contributed by atoms with Gasteiger partial charge in [0.05, 0.1) is 17.6 Å². The zero-order chi connectivity index (χ0) is 10.7. The van der Waals surface area contributed by atoms with Crippen LogP contribution in [-0.2, 0) is 0 Å². The third-order valence-electron chi connectivity index (χ3n) is 2.09. The van der Waals surface area contributed by atoms with E-state index < -0.39 is 0 Å². The number of hydrogen-bond acceptors (Lipinski definition) is 4. The fourth-order valence-electron chi connectivity index (χ4n) is 1.21. The lowest BCUT2D eigenvalue weighted by atomic mass is 10.2. The SMILES string of the molecule is CNCC(C)C(=O)n1cc(N)c(C)n1. The first-order valence-corrected chi connectivity index (χ1v) is 4.56. The summed E-state index contributed by atoms with van der Waals surface area (Å²) in [4.78, 5) is 11.7. The third-order valence-corrected chi connectivity index (χ3v) is 2.09. The number of nitrogen functional groups attached to an aromatic ring is 1. The maximum absolute atomic E-state index is 11.7. The van der Waals surface area contributed by atoms with Crippen LogP contribution < -0.4 is 11.1 Å². The molecule has 1 unspecified atom stereocenters. The van der Waals surface area contributed by atoms with Gasteiger partial charge in [-0.2, -0.15) is 5.10 Å². The number of rotatable bonds is 3. The Kier molecular flexibility index (Phi) is 3.24. The summed E-state index contributed by atoms with van der Waals surface area (Å²) in [6.45, 7) is 4.27. The van der Waals surface area contributed by atoms with Crippen molar-refractivity contribution in [3.8, 4) is 0 Å². The molecule has 0 amide bonds. The van der Waals surface area contributed by atoms with E-state index in [1.54, 1.807) is 13.1 Å². The van der Waals surface area contributed by atoms with Gasteiger partial charge in [-0.25, -0.2) is 4.68 Å². The molecule has 0 aromatic carbocycles. The summed E-state index contributed by atoms with van der Waals surface area (Å²) in [6.07, 6.45) is 1.56. The third kappa shape index (κ3) is 2.11. The van der Waals surface area contributed by atoms with Crippen LogP contribution in [0.1, 0.15) is 17.4 Å². The Morgan fingerprint density at radius 1 is 1.79 bits per heavy atom. The van der Waals surface area contributed by atoms with Crippen molar-refractivity contribution in [3.05, 3.63) is 11.9 Å². The highest BCUT2D eigenvalue weighted by Crippen LogP contribution is 2.08. The monoisotopic (exact) mass is 196 g/mol. The molecule has 14 heavy (non-hydrogen) atoms. The minimum atomic E-state index is -0.0984. The summed E-state index contributed by atoms with van der Waals surface area (Å²) >= 11 is 0. The molecular weight excluding hydrogens is 180 g/mol. The number of hydrogen-bond donors (Lipinski definition) is 2. The predicted molar refractivity (Wildman–Crippen MR) is 55.1 cm³/mol. The second-order valence-corrected chi connectivity index (χ2v) is 3.41. The molecule has 5 heteroatoms. The van der Waals surface area contributed by atoms with Crippen molar-refractivity contribution in [2.75, 3.05) is 19.3 Å². The summed E-state index contributed by atoms with van der Waals surface area (Å²) in [6, 6.07) is 0. The van der Waals surface area contributed by atoms with E-state index in [9.17, 15) is 4.79 Å². The number of carbonyl (C=O) groups is 1. The lowest BCUT2D eigenvalue weighted by Crippen LogP contribution is -2.28. The molecule has 1 aromatic heterocycles. The maximum Gasteiger partial charge on any atom is 0.251 e. The number of nitrogens with zero attached hydrogens (tertiary/aromatic N) is 2. The standard InChI is InChI=1S/C9H16N4O/c1-6(4-11-3)9(14)13-5-8(10)7(2)12-13/h5-6,11H,4,10H2,1-3H3. The van der Waals surface area contributed by atoms with E-state index in [1.807, 2.05) is 14.0 Å². The number of nitrogens with two attached hydrogens (primary N) is 1. The number of nitrogens with one attached hydrogen (secondary N) is 1. The molecule has 1 heterocycles. The van der Waals surface area contributed by atoms with E-state index in [1.165, 1.54) is 4.68 Å². The fourth-order valence-corrected chi connectivity index (χ4v) is 1.21. The van der Waals surface area contributed by atoms with E-state index in [4.69, 9.17) is 5.73 Å². The van der Waals surface area contributed by atoms with Crippen molar-refractivity contribution >= 4 is 11.6 Å². The summed E-state index contributed by atoms with van der Waals surface area (Å²) in [5.41, 5.74) is 6.84. The highest BCUT2D eigenvalue weighted by molar-refractivity contribution is 5.81. The molecule has 0 radical (unpaired) electrons. The van der Waals surface area contributed by atoms with Gasteiger partial charge in [-0.05, 0) is 14.0 Å². The van der Waals surface area contributed by atoms with Crippen molar-refractivity contribution in [3.63, 3.8) is 0 Å². The van der Waals surface area contributed by atoms with Crippen LogP contribution in [0.4, 0.5) is 5.69 Å². The van der Waals surface area contributed by atoms with Crippen LogP contribution in [0.3, 0.4) is 0 Å². The van der Waals surface area contributed by atoms with E-state index in [0.29, 0.717) is 17.9 Å². The largest absolute Gasteiger partial charge is 0.396 e. The summed E-state index contributed by atoms with van der Waals surface area (Å²) < 4.78 is 1.31. The lowest BCUT2D eigenvalue weighted by molar-refractivity contribution is 0.0828. The van der Waals surface area contributed by atoms with Gasteiger partial charge in [-0.1, -0.05) is 6.92 Å². The number of carbonyl (C=O) groups excluding carboxylic acids is 1. The molecule has 0 aliphatic heterocycles. The Bertz CT molecular complexity index is 312. The van der Waals surface area contributed by atoms with Crippen LogP contribution in [0.2, 0.25) is 0 Å². The van der Waals surface area contributed by atoms with Crippen molar-refractivity contribution in [2.45, 2.75) is 13.8 Å². The minimum absolute atomic E-state index is 0.0425. The Labute approximate surface area is 83.3 Å². The zero-order valence-corrected chi connectivity index (χ0v) is 8.74. The highest BCUT2D eigenvalue weighted by Gasteiger charge is 2.15. The summed E-state index contributed by atoms with van der Waals surface area (Å²) in [5, 5.41) is 6.97. The Morgan fingerprint density at radius 3 is 2.86 bits per heavy atom. The smallest absolute Gasteiger partial charge is 0.251 e. The van der Waals surface area contributed by atoms with Gasteiger partial charge in [-0.15, -0.1) is 0 Å². The maximum atomic E-state index is 11.7. The van der Waals surface area contributed by atoms with Crippen LogP contribution in [0.25, 0.3) is 0 Å². The van der Waals surface area contributed by atoms with Crippen molar-refractivity contribution in [1.29, 1.82) is 0 Å². The fraction of sp³-hybridized carbons (Fsp3) is 0.556. The Balaban J connectivity index is 2.79. The predicted octanol–water partition coefficient (Wildman–Crippen LogP) is 0.269. The molecule has 5 nitrogen and oxygen atoms in total. The number of anilines is 1. The van der Waals surface area contributed by atoms with Gasteiger partial charge >= 0.3 is 0 Å². The first-order valence-electron chi connectivity index (χ1n) is 4.56. The first-order chi connectivity index (χ1) is 6.56. The van der Waals surface area contributed by atoms with Crippen LogP contribution in [-0.4, -0.2) is 29.3 Å². The topological polar surface area (TPSA) is 72.9 Å². The van der Waals surface area contributed by atoms with Gasteiger partial charge in [0.15, 0.2) is 0 Å². The van der Waals surface area contributed by atoms with Crippen LogP contribution in [0.15, 0.2) is 6.20 Å². The van der Waals surface area contributed by atoms with Gasteiger partial charge in [-0.3, -0.25) is 4.79 Å². The molecule has 0 spiro atoms. The molecule has 0 aliphatic rings. The van der Waals surface area contributed by atoms with Crippen LogP contribution in [0.5, 0.6) is 0 Å². The van der Waals surface area contributed by atoms with Crippen molar-refractivity contribution in [1.82, 2.24) is 15.1 Å². The van der Waals surface area contributed by atoms with Crippen molar-refractivity contribution in [2.24, 2.45) is 5.92 Å². The minimum Gasteiger partial charge on any atom is -0.396 e. The number of aromatic nitrogens is 2. The van der Waals surface area contributed by atoms with Gasteiger partial charge < -0.3 is 11.1 Å². The molecule has 0 aliphatic carbocycles. The van der Waals surface area contributed by atoms with Gasteiger partial charge in [0, 0.05) is 12.5 Å². The number of aryl methyl sites for hydroxylation is 1. The zero-order valence-electron chi connectivity index (χ0n) is 8.74. The Hall–Kier alpha value is -1.36. The summed E-state index contributed by atoms with van der Waals surface area (Å²) in [7, 11) is 1.81. The average molecular weight is 196 g/mol. The van der Waals surface area contributed by atoms with E-state index >= 15 is 0 Å². The highest BCUT2D eigenvalue weighted by atomic mass is 16.2. The second-order valence-electron chi connectivity index (χ2n) is 3.41. The quantitative estimate of drug-likeness (QED) is 0.727. The molecule has 0 bridgehead atoms. The van der Waals surface area contributed by atoms with Gasteiger partial charge in [0.1, 0.15) is 0 Å². The second kappa shape index (κ2) is 4.23. The molecule has 1 aromatic rings. The van der Waals surface area contributed by atoms with Crippen LogP contribution >= 0.6 is 0 Å². The van der Waals surface area contributed by atoms with E-state index in [-0.39, 0.29) is 11.8 Å². The molecule has 3 N–H and O–H groups in total. The van der Waals surface area contributed by atoms with Crippen molar-refractivity contribution < 1.29 is 4.79 Å². The molecule has 0 saturated carbocycles. The van der Waals surface area contributed by atoms with Gasteiger partial charge in [0.25, 0.3) is 5.91 Å². The van der Waals surface area contributed by atoms with Crippen LogP contribution in [0, 0.1) is 12.8 Å². The van der Waals surface area contributed by atoms with Gasteiger partial charge in [0.2, 0.25) is 0 Å². The molecule has 0 fully saturated rings. The molecule has 1 atom stereocenters. The summed E-state index contributed by atoms with van der Waals surface area (Å²) in [5.74, 6) is -0.141. The molecular formula is C9H16N4O. The molecule has 78 valence electrons. The molecule has 1 rings (SSSR count). The molecule has 0 saturated heterocycles. The van der Waals surface area contributed by atoms with E-state index in [2.05, 4.69) is 10.4 Å². The van der Waals surface area contributed by atoms with E-state index in [0.717, 1.165) is 0 Å². The average Bonchev–Trinajstić information content (AvgIpc) is 2.46. The Morgan fingerprint density at radius 2 is 2.43 bits per heavy atom. The normalized spacial score (nSPS) is 12.8. The lowest BCUT2D eigenvalue weighted by Gasteiger charge is -2.08.